The first kappa shape index (κ1) is 66.6. The van der Waals surface area contributed by atoms with Gasteiger partial charge in [-0.2, -0.15) is 9.97 Å². The Bertz CT molecular complexity index is 3860. The van der Waals surface area contributed by atoms with Gasteiger partial charge < -0.3 is 66.2 Å². The number of nitrogen functional groups attached to an aromatic ring is 1. The minimum Gasteiger partial charge on any atom is -0.693 e. The Balaban J connectivity index is 0.000000199. The maximum Gasteiger partial charge on any atom is 0.232 e. The summed E-state index contributed by atoms with van der Waals surface area (Å²) < 4.78 is 62.0. The summed E-state index contributed by atoms with van der Waals surface area (Å²) in [5, 5.41) is 9.65. The van der Waals surface area contributed by atoms with Gasteiger partial charge in [-0.15, -0.1) is 0 Å². The van der Waals surface area contributed by atoms with E-state index >= 15 is 0 Å². The molecular weight excluding hydrogens is 1290 g/mol. The topological polar surface area (TPSA) is 268 Å². The summed E-state index contributed by atoms with van der Waals surface area (Å²) in [6.07, 6.45) is 16.3. The van der Waals surface area contributed by atoms with E-state index in [1.807, 2.05) is 24.3 Å². The SMILES string of the molecule is CN(c1c(Nc2nc(Cl)ncc2Br)ccc2nccnc12)S(C)(=O)=O.COc1cc(N2CCC(N(C)C)CC2)ccc1N.COc1cc(N2CCC(N(C)C)CC2)ccc1Nc1ncc(Br)c(Nc2ccc3nccnc3c2CS(C)(=O)=O)n1.[B][B-]. The van der Waals surface area contributed by atoms with E-state index in [0.29, 0.717) is 94.7 Å². The summed E-state index contributed by atoms with van der Waals surface area (Å²) in [5.41, 5.74) is 13.6. The number of rotatable bonds is 16. The van der Waals surface area contributed by atoms with Crippen molar-refractivity contribution < 1.29 is 26.3 Å². The first-order valence-electron chi connectivity index (χ1n) is 26.9. The zero-order valence-corrected chi connectivity index (χ0v) is 54.8. The number of anilines is 10. The van der Waals surface area contributed by atoms with Gasteiger partial charge in [-0.3, -0.25) is 24.2 Å². The van der Waals surface area contributed by atoms with Gasteiger partial charge in [0.25, 0.3) is 0 Å². The molecule has 4 aromatic carbocycles. The predicted octanol–water partition coefficient (Wildman–Crippen LogP) is 8.77. The number of nitrogens with one attached hydrogen (secondary N) is 3. The van der Waals surface area contributed by atoms with E-state index in [0.717, 1.165) is 66.7 Å². The van der Waals surface area contributed by atoms with Gasteiger partial charge in [0.1, 0.15) is 34.3 Å². The van der Waals surface area contributed by atoms with Crippen LogP contribution >= 0.6 is 43.5 Å². The van der Waals surface area contributed by atoms with Gasteiger partial charge in [-0.1, -0.05) is 0 Å². The molecule has 30 heteroatoms. The normalized spacial score (nSPS) is 13.9. The molecule has 0 amide bonds. The van der Waals surface area contributed by atoms with Crippen LogP contribution in [0.4, 0.5) is 57.4 Å². The summed E-state index contributed by atoms with van der Waals surface area (Å²) in [6, 6.07) is 20.4. The number of fused-ring (bicyclic) bond motifs is 2. The Morgan fingerprint density at radius 3 is 1.66 bits per heavy atom. The molecule has 5 radical (unpaired) electrons. The third-order valence-corrected chi connectivity index (χ3v) is 17.6. The summed E-state index contributed by atoms with van der Waals surface area (Å²) >= 11 is 12.7. The average Bonchev–Trinajstić information content (AvgIpc) is 1.51. The predicted molar refractivity (Wildman–Crippen MR) is 355 cm³/mol. The van der Waals surface area contributed by atoms with Crippen LogP contribution in [0.3, 0.4) is 0 Å². The largest absolute Gasteiger partial charge is 0.693 e. The fourth-order valence-corrected chi connectivity index (χ4v) is 11.8. The quantitative estimate of drug-likeness (QED) is 0.0400. The number of hydrogen-bond donors (Lipinski definition) is 4. The zero-order chi connectivity index (χ0) is 62.5. The minimum absolute atomic E-state index is 0.0595. The van der Waals surface area contributed by atoms with Crippen molar-refractivity contribution in [1.29, 1.82) is 0 Å². The molecule has 10 rings (SSSR count). The summed E-state index contributed by atoms with van der Waals surface area (Å²) in [6.45, 7) is 4.17. The van der Waals surface area contributed by atoms with Crippen LogP contribution in [0.2, 0.25) is 5.28 Å². The molecule has 5 N–H and O–H groups in total. The Kier molecular flexibility index (Phi) is 23.4. The van der Waals surface area contributed by atoms with Crippen molar-refractivity contribution in [3.63, 3.8) is 0 Å². The van der Waals surface area contributed by atoms with Gasteiger partial charge in [0.2, 0.25) is 21.3 Å². The molecule has 23 nitrogen and oxygen atoms in total. The fraction of sp³-hybridized carbons (Fsp3) is 0.357. The molecule has 2 fully saturated rings. The number of aromatic nitrogens is 8. The van der Waals surface area contributed by atoms with Crippen LogP contribution in [0.5, 0.6) is 11.5 Å². The molecule has 0 unspecified atom stereocenters. The van der Waals surface area contributed by atoms with Crippen molar-refractivity contribution in [3.8, 4) is 11.5 Å². The molecule has 0 bridgehead atoms. The van der Waals surface area contributed by atoms with Crippen molar-refractivity contribution >= 4 is 158 Å². The number of sulfone groups is 1. The Morgan fingerprint density at radius 1 is 0.640 bits per heavy atom. The third-order valence-electron chi connectivity index (χ3n) is 14.3. The number of methoxy groups -OCH3 is 2. The van der Waals surface area contributed by atoms with Crippen molar-refractivity contribution in [2.75, 3.05) is 124 Å². The second-order valence-electron chi connectivity index (χ2n) is 20.5. The van der Waals surface area contributed by atoms with Gasteiger partial charge in [0.05, 0.1) is 68.8 Å². The van der Waals surface area contributed by atoms with Crippen molar-refractivity contribution in [2.45, 2.75) is 43.5 Å². The highest BCUT2D eigenvalue weighted by atomic mass is 79.9. The fourth-order valence-electron chi connectivity index (χ4n) is 9.71. The van der Waals surface area contributed by atoms with Crippen molar-refractivity contribution in [2.24, 2.45) is 0 Å². The van der Waals surface area contributed by atoms with Gasteiger partial charge in [-0.25, -0.2) is 26.8 Å². The van der Waals surface area contributed by atoms with Crippen LogP contribution in [-0.4, -0.2) is 182 Å². The smallest absolute Gasteiger partial charge is 0.232 e. The van der Waals surface area contributed by atoms with Gasteiger partial charge in [0, 0.05) is 124 Å². The van der Waals surface area contributed by atoms with E-state index in [1.54, 1.807) is 63.3 Å². The van der Waals surface area contributed by atoms with Gasteiger partial charge >= 0.3 is 0 Å². The van der Waals surface area contributed by atoms with E-state index < -0.39 is 19.9 Å². The second-order valence-corrected chi connectivity index (χ2v) is 26.7. The third kappa shape index (κ3) is 17.4. The highest BCUT2D eigenvalue weighted by Crippen LogP contribution is 2.38. The Labute approximate surface area is 527 Å². The lowest BCUT2D eigenvalue weighted by Gasteiger charge is -2.36. The average molecular weight is 1360 g/mol. The molecule has 2 aliphatic rings. The highest BCUT2D eigenvalue weighted by molar-refractivity contribution is 9.11. The van der Waals surface area contributed by atoms with Crippen LogP contribution in [0.25, 0.3) is 22.1 Å². The number of piperidine rings is 2. The van der Waals surface area contributed by atoms with Crippen LogP contribution in [0.1, 0.15) is 31.2 Å². The molecule has 8 aromatic rings. The lowest BCUT2D eigenvalue weighted by Crippen LogP contribution is -2.41. The van der Waals surface area contributed by atoms with Crippen LogP contribution in [-0.2, 0) is 25.6 Å². The van der Waals surface area contributed by atoms with Crippen LogP contribution in [0.15, 0.2) is 107 Å². The van der Waals surface area contributed by atoms with Gasteiger partial charge in [-0.05, 0) is 146 Å². The first-order valence-corrected chi connectivity index (χ1v) is 32.7. The second kappa shape index (κ2) is 30.2. The van der Waals surface area contributed by atoms with Crippen LogP contribution in [0, 0.1) is 0 Å². The summed E-state index contributed by atoms with van der Waals surface area (Å²) in [4.78, 5) is 43.7. The maximum atomic E-state index is 12.3. The molecule has 0 atom stereocenters. The Hall–Kier alpha value is -6.88. The van der Waals surface area contributed by atoms with Gasteiger partial charge in [0.15, 0.2) is 9.84 Å². The molecular formula is C56H68B2Br2ClN17O6S2-. The van der Waals surface area contributed by atoms with E-state index in [4.69, 9.17) is 26.8 Å². The monoisotopic (exact) mass is 1350 g/mol. The number of nitrogens with zero attached hydrogens (tertiary/aromatic N) is 13. The standard InChI is InChI=1S/C28H33BrN8O3S.C14H12BrClN6O2S.C14H23N3O.B2/c1-36(2)18-9-13-37(14-10-18)19-5-6-23(25(15-19)40-3)34-28-32-16-21(29)27(35-28)33-22-7-8-24-26(31-12-11-30-24)20(22)17-41(4,38)39;1-22(25(2,23)24)12-10(4-3-9-11(12)18-6-5-17-9)20-13-8(15)7-19-14(16)21-13;1-16(2)11-6-8-17(9-7-11)12-4-5-13(15)14(10-12)18-3;1-2/h5-8,11-12,15-16,18H,9-10,13-14,17H2,1-4H3,(H2,32,33,34,35);3-7H,1-2H3,(H,19,20,21);4-5,10-11H,6-9,15H2,1-3H3;/q;;;-1. The molecule has 86 heavy (non-hydrogen) atoms. The molecule has 4 aromatic heterocycles. The van der Waals surface area contributed by atoms with E-state index in [-0.39, 0.29) is 11.0 Å². The van der Waals surface area contributed by atoms with Crippen molar-refractivity contribution in [3.05, 3.63) is 118 Å². The Morgan fingerprint density at radius 2 is 1.12 bits per heavy atom. The number of hydrogen-bond acceptors (Lipinski definition) is 22. The summed E-state index contributed by atoms with van der Waals surface area (Å²) in [7, 11) is 14.5. The first-order chi connectivity index (χ1) is 41.0. The van der Waals surface area contributed by atoms with E-state index in [2.05, 4.69) is 163 Å². The lowest BCUT2D eigenvalue weighted by molar-refractivity contribution is 0.249. The molecule has 453 valence electrons. The number of halogens is 3. The number of benzene rings is 4. The molecule has 0 spiro atoms. The molecule has 6 heterocycles. The zero-order valence-electron chi connectivity index (χ0n) is 49.2. The number of sulfonamides is 1. The number of ether oxygens (including phenoxy) is 2. The molecule has 0 aliphatic carbocycles. The maximum absolute atomic E-state index is 12.3. The minimum atomic E-state index is -3.53. The molecule has 2 aliphatic heterocycles. The number of nitrogens with two attached hydrogens (primary N) is 1. The lowest BCUT2D eigenvalue weighted by atomic mass is 9.81. The van der Waals surface area contributed by atoms with Crippen LogP contribution < -0.4 is 45.3 Å². The molecule has 0 saturated carbocycles. The van der Waals surface area contributed by atoms with Crippen molar-refractivity contribution in [1.82, 2.24) is 49.7 Å². The molecule has 2 saturated heterocycles. The van der Waals surface area contributed by atoms with E-state index in [1.165, 1.54) is 44.2 Å². The summed E-state index contributed by atoms with van der Waals surface area (Å²) in [5.74, 6) is 2.45. The highest BCUT2D eigenvalue weighted by Gasteiger charge is 2.25. The van der Waals surface area contributed by atoms with E-state index in [9.17, 15) is 16.8 Å².